The van der Waals surface area contributed by atoms with Crippen LogP contribution in [0.25, 0.3) is 0 Å². The van der Waals surface area contributed by atoms with Gasteiger partial charge in [0, 0.05) is 65.7 Å². The summed E-state index contributed by atoms with van der Waals surface area (Å²) in [7, 11) is 6.29. The van der Waals surface area contributed by atoms with Gasteiger partial charge < -0.3 is 65.3 Å². The van der Waals surface area contributed by atoms with Gasteiger partial charge in [0.05, 0.1) is 48.7 Å². The van der Waals surface area contributed by atoms with Crippen molar-refractivity contribution in [2.45, 2.75) is 175 Å². The van der Waals surface area contributed by atoms with Crippen LogP contribution in [0.1, 0.15) is 132 Å². The number of carbonyl (C=O) groups excluding carboxylic acids is 6. The lowest BCUT2D eigenvalue weighted by molar-refractivity contribution is -0.147. The van der Waals surface area contributed by atoms with Crippen molar-refractivity contribution in [3.63, 3.8) is 0 Å². The van der Waals surface area contributed by atoms with Crippen LogP contribution in [0.2, 0.25) is 0 Å². The summed E-state index contributed by atoms with van der Waals surface area (Å²) >= 11 is 0. The molecular weight excluding hydrogens is 981 g/mol. The maximum absolute atomic E-state index is 14.4. The van der Waals surface area contributed by atoms with Crippen molar-refractivity contribution in [3.05, 3.63) is 48.0 Å². The Morgan fingerprint density at radius 3 is 2.05 bits per heavy atom. The molecule has 0 saturated carbocycles. The fourth-order valence-electron chi connectivity index (χ4n) is 10.4. The van der Waals surface area contributed by atoms with Crippen LogP contribution < -0.4 is 16.0 Å². The molecule has 1 aromatic carbocycles. The Labute approximate surface area is 451 Å². The third-order valence-corrected chi connectivity index (χ3v) is 15.8. The number of aliphatic carboxylic acids is 1. The minimum absolute atomic E-state index is 0.0190. The second-order valence-electron chi connectivity index (χ2n) is 22.2. The van der Waals surface area contributed by atoms with E-state index in [1.807, 2.05) is 52.8 Å². The van der Waals surface area contributed by atoms with E-state index in [4.69, 9.17) is 14.2 Å². The smallest absolute Gasteiger partial charge is 0.410 e. The summed E-state index contributed by atoms with van der Waals surface area (Å²) in [5, 5.41) is 47.4. The number of benzene rings is 1. The van der Waals surface area contributed by atoms with E-state index < -0.39 is 96.4 Å². The molecular formula is C56H92N6O14. The number of allylic oxidation sites excluding steroid dienone is 1. The number of nitrogens with zero attached hydrogens (tertiary/aromatic N) is 3. The molecule has 1 fully saturated rings. The zero-order chi connectivity index (χ0) is 57.2. The van der Waals surface area contributed by atoms with E-state index in [-0.39, 0.29) is 79.8 Å². The zero-order valence-electron chi connectivity index (χ0n) is 47.4. The predicted molar refractivity (Wildman–Crippen MR) is 286 cm³/mol. The summed E-state index contributed by atoms with van der Waals surface area (Å²) in [5.74, 6) is -5.40. The first kappa shape index (κ1) is 65.1. The van der Waals surface area contributed by atoms with Crippen LogP contribution >= 0.6 is 0 Å². The highest BCUT2D eigenvalue weighted by Crippen LogP contribution is 2.34. The number of rotatable bonds is 28. The summed E-state index contributed by atoms with van der Waals surface area (Å²) in [6.07, 6.45) is 0.852. The van der Waals surface area contributed by atoms with E-state index in [0.29, 0.717) is 31.4 Å². The normalized spacial score (nSPS) is 22.3. The molecule has 0 bridgehead atoms. The van der Waals surface area contributed by atoms with Gasteiger partial charge in [-0.3, -0.25) is 24.0 Å². The molecule has 1 unspecified atom stereocenters. The van der Waals surface area contributed by atoms with Crippen LogP contribution in [0.3, 0.4) is 0 Å². The van der Waals surface area contributed by atoms with Gasteiger partial charge in [-0.15, -0.1) is 0 Å². The molecule has 7 N–H and O–H groups in total. The highest BCUT2D eigenvalue weighted by atomic mass is 16.6. The number of amides is 6. The number of carboxylic acid groups (broad SMARTS) is 1. The molecule has 1 heterocycles. The first-order valence-electron chi connectivity index (χ1n) is 27.1. The van der Waals surface area contributed by atoms with Crippen molar-refractivity contribution in [1.29, 1.82) is 0 Å². The van der Waals surface area contributed by atoms with Crippen LogP contribution in [0.15, 0.2) is 42.5 Å². The summed E-state index contributed by atoms with van der Waals surface area (Å²) in [5.41, 5.74) is -0.359. The molecule has 1 aliphatic carbocycles. The topological polar surface area (TPSA) is 274 Å². The molecule has 1 saturated heterocycles. The molecule has 13 atom stereocenters. The Kier molecular flexibility index (Phi) is 26.3. The highest BCUT2D eigenvalue weighted by Gasteiger charge is 2.43. The predicted octanol–water partition coefficient (Wildman–Crippen LogP) is 4.65. The highest BCUT2D eigenvalue weighted by molar-refractivity contribution is 5.89. The zero-order valence-corrected chi connectivity index (χ0v) is 47.4. The van der Waals surface area contributed by atoms with Crippen molar-refractivity contribution >= 4 is 41.6 Å². The summed E-state index contributed by atoms with van der Waals surface area (Å²) in [6.45, 7) is 17.3. The molecule has 3 rings (SSSR count). The Bertz CT molecular complexity index is 2070. The second kappa shape index (κ2) is 30.7. The average Bonchev–Trinajstić information content (AvgIpc) is 3.86. The fourth-order valence-corrected chi connectivity index (χ4v) is 10.4. The van der Waals surface area contributed by atoms with Gasteiger partial charge in [-0.05, 0) is 74.8 Å². The Balaban J connectivity index is 1.68. The number of ether oxygens (including phenoxy) is 3. The van der Waals surface area contributed by atoms with Crippen LogP contribution in [0.4, 0.5) is 4.79 Å². The summed E-state index contributed by atoms with van der Waals surface area (Å²) in [4.78, 5) is 99.8. The molecule has 1 aromatic rings. The first-order valence-corrected chi connectivity index (χ1v) is 27.1. The number of likely N-dealkylation sites (tertiary alicyclic amines) is 1. The minimum atomic E-state index is -1.93. The SMILES string of the molecule is CC[C@H](C)[C@H](CN(C)C(=O)[C@@H](NC(=O)[C@@H](CN(C)C(=O)O[C@H]1/C=C/CC[C@@](C)(C(=O)N[C@@H](CC(O)O)C(=O)O)CC1)C(C)C)C(C)C)[C@@H](CC(=O)N1CCCC1[C@H](OC)[C@@H](C)C(=O)N[C@H](C)[C@@H](O)c1ccccc1)OC. The summed E-state index contributed by atoms with van der Waals surface area (Å²) in [6, 6.07) is 5.71. The number of carbonyl (C=O) groups is 7. The van der Waals surface area contributed by atoms with Gasteiger partial charge in [0.2, 0.25) is 29.5 Å². The lowest BCUT2D eigenvalue weighted by Gasteiger charge is -2.38. The first-order chi connectivity index (χ1) is 35.7. The minimum Gasteiger partial charge on any atom is -0.480 e. The molecule has 76 heavy (non-hydrogen) atoms. The summed E-state index contributed by atoms with van der Waals surface area (Å²) < 4.78 is 17.9. The van der Waals surface area contributed by atoms with Gasteiger partial charge in [0.15, 0.2) is 6.29 Å². The number of methoxy groups -OCH3 is 2. The largest absolute Gasteiger partial charge is 0.480 e. The molecule has 0 spiro atoms. The van der Waals surface area contributed by atoms with Crippen molar-refractivity contribution in [1.82, 2.24) is 30.7 Å². The third-order valence-electron chi connectivity index (χ3n) is 15.8. The molecule has 20 heteroatoms. The van der Waals surface area contributed by atoms with E-state index in [1.54, 1.807) is 69.0 Å². The Morgan fingerprint density at radius 1 is 0.829 bits per heavy atom. The van der Waals surface area contributed by atoms with Gasteiger partial charge >= 0.3 is 12.1 Å². The van der Waals surface area contributed by atoms with E-state index in [1.165, 1.54) is 19.1 Å². The van der Waals surface area contributed by atoms with Crippen molar-refractivity contribution in [2.75, 3.05) is 47.9 Å². The quantitative estimate of drug-likeness (QED) is 0.0445. The maximum atomic E-state index is 14.4. The number of hydrogen-bond donors (Lipinski definition) is 7. The standard InChI is InChI=1S/C56H92N6O14/c1-14-35(6)41(44(74-12)30-45(63)62-28-20-24-43(62)49(75-13)36(7)50(67)57-37(8)48(66)38-21-16-15-17-22-38)32-60(10)52(69)47(34(4)5)59-51(68)40(33(2)3)31-61(11)55(73)76-39-23-18-19-26-56(9,27-25-39)54(72)58-42(53(70)71)29-46(64)65/h15-18,21-23,33-37,39-44,46-49,64-66H,14,19-20,24-32H2,1-13H3,(H,57,67)(H,58,72)(H,59,68)(H,70,71)/b23-18+/t35-,36+,37+,39-,40-,41-,42-,43?,44+,47-,48+,49+,56+/m0/s1. The number of nitrogens with one attached hydrogen (secondary N) is 3. The van der Waals surface area contributed by atoms with Crippen molar-refractivity contribution in [3.8, 4) is 0 Å². The molecule has 2 aliphatic rings. The third kappa shape index (κ3) is 18.5. The number of likely N-dealkylation sites (N-methyl/N-ethyl adjacent to an activating group) is 1. The molecule has 0 aromatic heterocycles. The second-order valence-corrected chi connectivity index (χ2v) is 22.2. The number of carboxylic acids is 1. The van der Waals surface area contributed by atoms with Crippen LogP contribution in [-0.2, 0) is 43.0 Å². The van der Waals surface area contributed by atoms with E-state index in [9.17, 15) is 54.0 Å². The van der Waals surface area contributed by atoms with Gasteiger partial charge in [0.25, 0.3) is 0 Å². The molecule has 6 amide bonds. The van der Waals surface area contributed by atoms with Gasteiger partial charge in [-0.2, -0.15) is 0 Å². The number of aliphatic hydroxyl groups is 3. The average molecular weight is 1070 g/mol. The van der Waals surface area contributed by atoms with Crippen LogP contribution in [0, 0.1) is 40.9 Å². The van der Waals surface area contributed by atoms with Gasteiger partial charge in [0.1, 0.15) is 18.2 Å². The van der Waals surface area contributed by atoms with E-state index in [2.05, 4.69) is 22.9 Å². The lowest BCUT2D eigenvalue weighted by atomic mass is 9.77. The maximum Gasteiger partial charge on any atom is 0.410 e. The van der Waals surface area contributed by atoms with E-state index >= 15 is 0 Å². The monoisotopic (exact) mass is 1070 g/mol. The molecule has 20 nitrogen and oxygen atoms in total. The number of aliphatic hydroxyl groups excluding tert-OH is 2. The Hall–Kier alpha value is -5.15. The molecule has 1 aliphatic heterocycles. The van der Waals surface area contributed by atoms with Crippen molar-refractivity contribution < 1.29 is 68.2 Å². The van der Waals surface area contributed by atoms with Crippen molar-refractivity contribution in [2.24, 2.45) is 40.9 Å². The van der Waals surface area contributed by atoms with Gasteiger partial charge in [-0.25, -0.2) is 9.59 Å². The van der Waals surface area contributed by atoms with Crippen LogP contribution in [-0.4, -0.2) is 173 Å². The van der Waals surface area contributed by atoms with Crippen LogP contribution in [0.5, 0.6) is 0 Å². The number of hydrogen-bond acceptors (Lipinski definition) is 13. The Morgan fingerprint density at radius 2 is 1.49 bits per heavy atom. The van der Waals surface area contributed by atoms with E-state index in [0.717, 1.165) is 12.8 Å². The lowest BCUT2D eigenvalue weighted by Crippen LogP contribution is -2.55. The molecule has 430 valence electrons. The fraction of sp³-hybridized carbons (Fsp3) is 0.732. The van der Waals surface area contributed by atoms with Gasteiger partial charge in [-0.1, -0.05) is 98.2 Å². The molecule has 0 radical (unpaired) electrons.